The summed E-state index contributed by atoms with van der Waals surface area (Å²) in [4.78, 5) is 53.3. The van der Waals surface area contributed by atoms with E-state index in [1.54, 1.807) is 0 Å². The highest BCUT2D eigenvalue weighted by molar-refractivity contribution is 7.98. The van der Waals surface area contributed by atoms with Gasteiger partial charge in [0.25, 0.3) is 0 Å². The number of carboxylic acid groups (broad SMARTS) is 1. The van der Waals surface area contributed by atoms with Crippen LogP contribution >= 0.6 is 24.4 Å². The van der Waals surface area contributed by atoms with Crippen molar-refractivity contribution in [1.29, 1.82) is 0 Å². The van der Waals surface area contributed by atoms with Crippen molar-refractivity contribution in [2.75, 3.05) is 24.3 Å². The Morgan fingerprint density at radius 1 is 0.971 bits per heavy atom. The Bertz CT molecular complexity index is 705. The topological polar surface area (TPSA) is 215 Å². The molecule has 0 aliphatic heterocycles. The SMILES string of the molecule is CSCCC(NC(=O)C(N)CCCN=C(N)N)C(=O)NC(CC(C)C)C(=O)NC(CS)C(=O)O. The average Bonchev–Trinajstić information content (AvgIpc) is 2.75. The van der Waals surface area contributed by atoms with Crippen LogP contribution in [0.2, 0.25) is 0 Å². The molecular weight excluding hydrogens is 482 g/mol. The molecular formula is C20H39N7O5S2. The lowest BCUT2D eigenvalue weighted by atomic mass is 10.0. The molecule has 0 spiro atoms. The molecule has 0 rings (SSSR count). The molecule has 0 saturated carbocycles. The summed E-state index contributed by atoms with van der Waals surface area (Å²) >= 11 is 5.44. The highest BCUT2D eigenvalue weighted by Gasteiger charge is 2.30. The lowest BCUT2D eigenvalue weighted by Crippen LogP contribution is -2.57. The van der Waals surface area contributed by atoms with Crippen LogP contribution in [0.4, 0.5) is 0 Å². The molecule has 3 amide bonds. The van der Waals surface area contributed by atoms with E-state index in [-0.39, 0.29) is 24.1 Å². The van der Waals surface area contributed by atoms with Gasteiger partial charge >= 0.3 is 5.97 Å². The number of thiol groups is 1. The quantitative estimate of drug-likeness (QED) is 0.0490. The average molecular weight is 522 g/mol. The van der Waals surface area contributed by atoms with E-state index in [1.807, 2.05) is 20.1 Å². The van der Waals surface area contributed by atoms with E-state index in [4.69, 9.17) is 17.2 Å². The molecule has 0 saturated heterocycles. The van der Waals surface area contributed by atoms with Crippen LogP contribution in [-0.4, -0.2) is 83.2 Å². The zero-order chi connectivity index (χ0) is 26.3. The fourth-order valence-electron chi connectivity index (χ4n) is 2.87. The number of carboxylic acids is 1. The summed E-state index contributed by atoms with van der Waals surface area (Å²) in [6.07, 6.45) is 3.28. The zero-order valence-electron chi connectivity index (χ0n) is 20.0. The summed E-state index contributed by atoms with van der Waals surface area (Å²) in [5.74, 6) is -2.43. The van der Waals surface area contributed by atoms with E-state index in [0.29, 0.717) is 31.6 Å². The molecule has 10 N–H and O–H groups in total. The van der Waals surface area contributed by atoms with Crippen molar-refractivity contribution in [3.63, 3.8) is 0 Å². The van der Waals surface area contributed by atoms with Crippen LogP contribution in [0.25, 0.3) is 0 Å². The van der Waals surface area contributed by atoms with Gasteiger partial charge in [-0.05, 0) is 43.6 Å². The number of aliphatic imine (C=N–C) groups is 1. The predicted octanol–water partition coefficient (Wildman–Crippen LogP) is -1.36. The second-order valence-electron chi connectivity index (χ2n) is 8.17. The van der Waals surface area contributed by atoms with Gasteiger partial charge < -0.3 is 38.3 Å². The fourth-order valence-corrected chi connectivity index (χ4v) is 3.59. The molecule has 0 aliphatic carbocycles. The Balaban J connectivity index is 5.27. The summed E-state index contributed by atoms with van der Waals surface area (Å²) < 4.78 is 0. The number of amides is 3. The van der Waals surface area contributed by atoms with Crippen LogP contribution in [0.1, 0.15) is 39.5 Å². The van der Waals surface area contributed by atoms with Crippen LogP contribution < -0.4 is 33.2 Å². The first-order valence-corrected chi connectivity index (χ1v) is 13.0. The third-order valence-corrected chi connectivity index (χ3v) is 5.69. The second kappa shape index (κ2) is 17.3. The number of hydrogen-bond acceptors (Lipinski definition) is 8. The van der Waals surface area contributed by atoms with Crippen molar-refractivity contribution in [2.24, 2.45) is 28.1 Å². The minimum atomic E-state index is -1.23. The maximum absolute atomic E-state index is 13.0. The van der Waals surface area contributed by atoms with Gasteiger partial charge in [0.2, 0.25) is 17.7 Å². The smallest absolute Gasteiger partial charge is 0.327 e. The van der Waals surface area contributed by atoms with Gasteiger partial charge in [0.05, 0.1) is 6.04 Å². The van der Waals surface area contributed by atoms with E-state index in [0.717, 1.165) is 0 Å². The summed E-state index contributed by atoms with van der Waals surface area (Å²) in [5.41, 5.74) is 16.5. The number of nitrogens with zero attached hydrogens (tertiary/aromatic N) is 1. The lowest BCUT2D eigenvalue weighted by Gasteiger charge is -2.26. The number of aliphatic carboxylic acids is 1. The molecule has 0 fully saturated rings. The maximum atomic E-state index is 13.0. The Hall–Kier alpha value is -2.19. The van der Waals surface area contributed by atoms with Crippen molar-refractivity contribution in [3.8, 4) is 0 Å². The number of rotatable bonds is 17. The Morgan fingerprint density at radius 3 is 2.03 bits per heavy atom. The molecule has 12 nitrogen and oxygen atoms in total. The number of nitrogens with one attached hydrogen (secondary N) is 3. The van der Waals surface area contributed by atoms with Gasteiger partial charge in [-0.25, -0.2) is 4.79 Å². The Labute approximate surface area is 210 Å². The molecule has 0 heterocycles. The normalized spacial score (nSPS) is 14.4. The van der Waals surface area contributed by atoms with Crippen molar-refractivity contribution in [2.45, 2.75) is 63.7 Å². The zero-order valence-corrected chi connectivity index (χ0v) is 21.7. The molecule has 14 heteroatoms. The predicted molar refractivity (Wildman–Crippen MR) is 138 cm³/mol. The third kappa shape index (κ3) is 13.5. The van der Waals surface area contributed by atoms with Crippen LogP contribution in [0, 0.1) is 5.92 Å². The van der Waals surface area contributed by atoms with Gasteiger partial charge in [-0.1, -0.05) is 13.8 Å². The molecule has 0 aliphatic rings. The summed E-state index contributed by atoms with van der Waals surface area (Å²) in [6.45, 7) is 4.07. The lowest BCUT2D eigenvalue weighted by molar-refractivity contribution is -0.141. The van der Waals surface area contributed by atoms with Crippen LogP contribution in [-0.2, 0) is 19.2 Å². The molecule has 0 aromatic rings. The monoisotopic (exact) mass is 521 g/mol. The molecule has 0 aromatic heterocycles. The van der Waals surface area contributed by atoms with Gasteiger partial charge in [0.1, 0.15) is 18.1 Å². The summed E-state index contributed by atoms with van der Waals surface area (Å²) in [6, 6.07) is -3.94. The Kier molecular flexibility index (Phi) is 16.2. The first kappa shape index (κ1) is 31.8. The highest BCUT2D eigenvalue weighted by Crippen LogP contribution is 2.08. The number of guanidine groups is 1. The van der Waals surface area contributed by atoms with Crippen molar-refractivity contribution < 1.29 is 24.3 Å². The van der Waals surface area contributed by atoms with Gasteiger partial charge in [0, 0.05) is 12.3 Å². The molecule has 4 atom stereocenters. The standard InChI is InChI=1S/C20H39N7O5S2/c1-11(2)9-14(18(30)27-15(10-33)19(31)32)26-17(29)13(6-8-34-3)25-16(28)12(21)5-4-7-24-20(22)23/h11-15,33H,4-10,21H2,1-3H3,(H,25,28)(H,26,29)(H,27,30)(H,31,32)(H4,22,23,24). The minimum Gasteiger partial charge on any atom is -0.480 e. The Morgan fingerprint density at radius 2 is 1.53 bits per heavy atom. The molecule has 4 unspecified atom stereocenters. The molecule has 0 bridgehead atoms. The minimum absolute atomic E-state index is 0.0354. The van der Waals surface area contributed by atoms with E-state index >= 15 is 0 Å². The second-order valence-corrected chi connectivity index (χ2v) is 9.52. The number of carbonyl (C=O) groups is 4. The summed E-state index contributed by atoms with van der Waals surface area (Å²) in [5, 5.41) is 16.9. The largest absolute Gasteiger partial charge is 0.480 e. The molecule has 0 radical (unpaired) electrons. The molecule has 196 valence electrons. The van der Waals surface area contributed by atoms with E-state index in [2.05, 4.69) is 33.6 Å². The van der Waals surface area contributed by atoms with Gasteiger partial charge in [-0.15, -0.1) is 0 Å². The van der Waals surface area contributed by atoms with E-state index in [1.165, 1.54) is 11.8 Å². The van der Waals surface area contributed by atoms with Crippen molar-refractivity contribution in [3.05, 3.63) is 0 Å². The molecule has 34 heavy (non-hydrogen) atoms. The van der Waals surface area contributed by atoms with Crippen LogP contribution in [0.3, 0.4) is 0 Å². The number of thioether (sulfide) groups is 1. The van der Waals surface area contributed by atoms with E-state index < -0.39 is 47.9 Å². The number of carbonyl (C=O) groups excluding carboxylic acids is 3. The summed E-state index contributed by atoms with van der Waals surface area (Å²) in [7, 11) is 0. The first-order chi connectivity index (χ1) is 15.9. The van der Waals surface area contributed by atoms with Crippen molar-refractivity contribution >= 4 is 54.0 Å². The maximum Gasteiger partial charge on any atom is 0.327 e. The third-order valence-electron chi connectivity index (χ3n) is 4.69. The number of nitrogens with two attached hydrogens (primary N) is 3. The van der Waals surface area contributed by atoms with Gasteiger partial charge in [-0.3, -0.25) is 19.4 Å². The van der Waals surface area contributed by atoms with Gasteiger partial charge in [0.15, 0.2) is 5.96 Å². The van der Waals surface area contributed by atoms with Crippen LogP contribution in [0.15, 0.2) is 4.99 Å². The van der Waals surface area contributed by atoms with Crippen molar-refractivity contribution in [1.82, 2.24) is 16.0 Å². The fraction of sp³-hybridized carbons (Fsp3) is 0.750. The molecule has 0 aromatic carbocycles. The van der Waals surface area contributed by atoms with E-state index in [9.17, 15) is 24.3 Å². The first-order valence-electron chi connectivity index (χ1n) is 11.0. The number of hydrogen-bond donors (Lipinski definition) is 8. The highest BCUT2D eigenvalue weighted by atomic mass is 32.2. The van der Waals surface area contributed by atoms with Gasteiger partial charge in [-0.2, -0.15) is 24.4 Å². The van der Waals surface area contributed by atoms with Crippen LogP contribution in [0.5, 0.6) is 0 Å².